The summed E-state index contributed by atoms with van der Waals surface area (Å²) in [6.45, 7) is -0.155. The van der Waals surface area contributed by atoms with Crippen LogP contribution in [0.1, 0.15) is 17.5 Å². The van der Waals surface area contributed by atoms with Gasteiger partial charge in [0.1, 0.15) is 0 Å². The summed E-state index contributed by atoms with van der Waals surface area (Å²) in [7, 11) is 1.60. The molecule has 138 valence electrons. The summed E-state index contributed by atoms with van der Waals surface area (Å²) in [6.07, 6.45) is -0.187. The van der Waals surface area contributed by atoms with E-state index >= 15 is 0 Å². The van der Waals surface area contributed by atoms with E-state index in [-0.39, 0.29) is 25.3 Å². The van der Waals surface area contributed by atoms with Crippen molar-refractivity contribution in [3.8, 4) is 17.2 Å². The van der Waals surface area contributed by atoms with Crippen molar-refractivity contribution >= 4 is 11.0 Å². The zero-order valence-electron chi connectivity index (χ0n) is 14.6. The molecule has 1 N–H and O–H groups in total. The fraction of sp³-hybridized carbons (Fsp3) is 0.300. The molecule has 1 aromatic heterocycles. The lowest BCUT2D eigenvalue weighted by molar-refractivity contribution is 0.0951. The van der Waals surface area contributed by atoms with Crippen molar-refractivity contribution in [3.63, 3.8) is 0 Å². The number of nitrogens with zero attached hydrogens (tertiary/aromatic N) is 3. The fourth-order valence-corrected chi connectivity index (χ4v) is 3.47. The van der Waals surface area contributed by atoms with E-state index in [0.29, 0.717) is 27.7 Å². The van der Waals surface area contributed by atoms with Gasteiger partial charge in [0.05, 0.1) is 29.3 Å². The molecule has 0 bridgehead atoms. The molecule has 1 atom stereocenters. The number of halogens is 2. The lowest BCUT2D eigenvalue weighted by Crippen LogP contribution is -2.23. The molecular weight excluding hydrogens is 352 g/mol. The first-order valence-electron chi connectivity index (χ1n) is 8.57. The van der Waals surface area contributed by atoms with Gasteiger partial charge in [-0.25, -0.2) is 13.6 Å². The minimum absolute atomic E-state index is 0.00797. The van der Waals surface area contributed by atoms with E-state index in [1.54, 1.807) is 43.4 Å². The quantitative estimate of drug-likeness (QED) is 0.768. The minimum Gasteiger partial charge on any atom is -0.392 e. The summed E-state index contributed by atoms with van der Waals surface area (Å²) in [5.41, 5.74) is 3.36. The Bertz CT molecular complexity index is 1150. The van der Waals surface area contributed by atoms with E-state index in [0.717, 1.165) is 5.56 Å². The Labute approximate surface area is 153 Å². The summed E-state index contributed by atoms with van der Waals surface area (Å²) in [5, 5.41) is 18.7. The van der Waals surface area contributed by atoms with E-state index in [1.165, 1.54) is 9.13 Å². The van der Waals surface area contributed by atoms with Crippen molar-refractivity contribution in [3.05, 3.63) is 58.0 Å². The highest BCUT2D eigenvalue weighted by atomic mass is 19.3. The summed E-state index contributed by atoms with van der Waals surface area (Å²) in [4.78, 5) is 12.5. The Morgan fingerprint density at radius 3 is 2.63 bits per heavy atom. The van der Waals surface area contributed by atoms with Gasteiger partial charge >= 0.3 is 5.69 Å². The van der Waals surface area contributed by atoms with E-state index in [2.05, 4.69) is 6.07 Å². The smallest absolute Gasteiger partial charge is 0.328 e. The topological polar surface area (TPSA) is 70.9 Å². The number of hydrogen-bond acceptors (Lipinski definition) is 3. The maximum atomic E-state index is 13.3. The highest BCUT2D eigenvalue weighted by molar-refractivity contribution is 5.84. The zero-order valence-corrected chi connectivity index (χ0v) is 14.6. The average Bonchev–Trinajstić information content (AvgIpc) is 3.22. The van der Waals surface area contributed by atoms with Gasteiger partial charge in [0.25, 0.3) is 5.92 Å². The predicted octanol–water partition coefficient (Wildman–Crippen LogP) is 3.03. The van der Waals surface area contributed by atoms with Crippen LogP contribution in [0.25, 0.3) is 22.2 Å². The van der Waals surface area contributed by atoms with Gasteiger partial charge in [0, 0.05) is 25.9 Å². The van der Waals surface area contributed by atoms with Gasteiger partial charge in [-0.2, -0.15) is 5.26 Å². The molecule has 4 rings (SSSR count). The van der Waals surface area contributed by atoms with Crippen LogP contribution in [-0.2, 0) is 20.2 Å². The zero-order chi connectivity index (χ0) is 19.3. The Balaban J connectivity index is 1.84. The van der Waals surface area contributed by atoms with Gasteiger partial charge in [-0.1, -0.05) is 12.1 Å². The molecule has 0 saturated heterocycles. The van der Waals surface area contributed by atoms with Crippen LogP contribution in [0.15, 0.2) is 41.2 Å². The van der Waals surface area contributed by atoms with Crippen LogP contribution in [-0.4, -0.2) is 20.2 Å². The number of aromatic nitrogens is 2. The first-order valence-corrected chi connectivity index (χ1v) is 8.57. The number of fused-ring (bicyclic) bond motifs is 1. The van der Waals surface area contributed by atoms with Crippen LogP contribution >= 0.6 is 0 Å². The van der Waals surface area contributed by atoms with Gasteiger partial charge in [-0.3, -0.25) is 9.13 Å². The molecule has 27 heavy (non-hydrogen) atoms. The number of imidazole rings is 1. The second-order valence-electron chi connectivity index (χ2n) is 6.97. The summed E-state index contributed by atoms with van der Waals surface area (Å²) in [6, 6.07) is 12.5. The van der Waals surface area contributed by atoms with E-state index in [4.69, 9.17) is 0 Å². The van der Waals surface area contributed by atoms with Gasteiger partial charge < -0.3 is 5.11 Å². The van der Waals surface area contributed by atoms with Crippen molar-refractivity contribution in [2.45, 2.75) is 25.5 Å². The molecule has 0 spiro atoms. The molecule has 0 amide bonds. The molecule has 2 aromatic carbocycles. The number of alkyl halides is 2. The SMILES string of the molecule is Cn1c(=O)n(CC2CC2(F)F)c2ccc(-c3cc(CO)ccc3C#N)cc21. The van der Waals surface area contributed by atoms with Crippen molar-refractivity contribution in [2.24, 2.45) is 13.0 Å². The number of hydrogen-bond donors (Lipinski definition) is 1. The Hall–Kier alpha value is -2.98. The predicted molar refractivity (Wildman–Crippen MR) is 96.3 cm³/mol. The second kappa shape index (κ2) is 6.03. The minimum atomic E-state index is -2.69. The number of rotatable bonds is 4. The summed E-state index contributed by atoms with van der Waals surface area (Å²) < 4.78 is 29.4. The number of nitriles is 1. The largest absolute Gasteiger partial charge is 0.392 e. The summed E-state index contributed by atoms with van der Waals surface area (Å²) >= 11 is 0. The molecule has 1 saturated carbocycles. The second-order valence-corrected chi connectivity index (χ2v) is 6.97. The van der Waals surface area contributed by atoms with Gasteiger partial charge in [-0.05, 0) is 41.0 Å². The first-order chi connectivity index (χ1) is 12.9. The number of aliphatic hydroxyl groups is 1. The van der Waals surface area contributed by atoms with Crippen LogP contribution in [0, 0.1) is 17.2 Å². The standard InChI is InChI=1S/C20H17F2N3O2/c1-24-18-7-13(16-6-12(11-26)2-3-14(16)9-23)4-5-17(18)25(19(24)27)10-15-8-20(15,21)22/h2-7,15,26H,8,10-11H2,1H3. The molecule has 5 nitrogen and oxygen atoms in total. The lowest BCUT2D eigenvalue weighted by Gasteiger charge is -2.08. The highest BCUT2D eigenvalue weighted by Crippen LogP contribution is 2.49. The third-order valence-corrected chi connectivity index (χ3v) is 5.20. The summed E-state index contributed by atoms with van der Waals surface area (Å²) in [5.74, 6) is -3.49. The van der Waals surface area contributed by atoms with Crippen molar-refractivity contribution in [1.82, 2.24) is 9.13 Å². The van der Waals surface area contributed by atoms with Gasteiger partial charge in [0.15, 0.2) is 0 Å². The Morgan fingerprint density at radius 2 is 2.00 bits per heavy atom. The molecule has 0 radical (unpaired) electrons. The van der Waals surface area contributed by atoms with Crippen LogP contribution in [0.4, 0.5) is 8.78 Å². The Kier molecular flexibility index (Phi) is 3.89. The van der Waals surface area contributed by atoms with Crippen LogP contribution < -0.4 is 5.69 Å². The first kappa shape index (κ1) is 17.4. The van der Waals surface area contributed by atoms with Crippen LogP contribution in [0.3, 0.4) is 0 Å². The van der Waals surface area contributed by atoms with Gasteiger partial charge in [0.2, 0.25) is 0 Å². The van der Waals surface area contributed by atoms with Crippen molar-refractivity contribution in [2.75, 3.05) is 0 Å². The third-order valence-electron chi connectivity index (χ3n) is 5.20. The molecule has 7 heteroatoms. The highest BCUT2D eigenvalue weighted by Gasteiger charge is 2.56. The lowest BCUT2D eigenvalue weighted by atomic mass is 9.97. The molecular formula is C20H17F2N3O2. The monoisotopic (exact) mass is 369 g/mol. The maximum absolute atomic E-state index is 13.3. The van der Waals surface area contributed by atoms with E-state index < -0.39 is 11.8 Å². The molecule has 1 fully saturated rings. The van der Waals surface area contributed by atoms with E-state index in [9.17, 15) is 23.9 Å². The number of benzene rings is 2. The average molecular weight is 369 g/mol. The third kappa shape index (κ3) is 2.82. The Morgan fingerprint density at radius 1 is 1.26 bits per heavy atom. The maximum Gasteiger partial charge on any atom is 0.328 e. The molecule has 0 aliphatic heterocycles. The molecule has 1 aliphatic carbocycles. The normalized spacial score (nSPS) is 17.8. The number of aryl methyl sites for hydroxylation is 1. The molecule has 3 aromatic rings. The van der Waals surface area contributed by atoms with Crippen LogP contribution in [0.2, 0.25) is 0 Å². The fourth-order valence-electron chi connectivity index (χ4n) is 3.47. The van der Waals surface area contributed by atoms with Gasteiger partial charge in [-0.15, -0.1) is 0 Å². The molecule has 1 unspecified atom stereocenters. The molecule has 1 heterocycles. The van der Waals surface area contributed by atoms with Crippen molar-refractivity contribution < 1.29 is 13.9 Å². The van der Waals surface area contributed by atoms with E-state index in [1.807, 2.05) is 0 Å². The molecule has 1 aliphatic rings. The van der Waals surface area contributed by atoms with Crippen molar-refractivity contribution in [1.29, 1.82) is 5.26 Å². The van der Waals surface area contributed by atoms with Crippen LogP contribution in [0.5, 0.6) is 0 Å². The number of aliphatic hydroxyl groups excluding tert-OH is 1.